The number of Topliss-reactive ketones (excluding diaryl/α,β-unsaturated/α-hetero) is 1. The fraction of sp³-hybridized carbons (Fsp3) is 0.750. The van der Waals surface area contributed by atoms with Gasteiger partial charge in [0.2, 0.25) is 5.70 Å². The predicted octanol–water partition coefficient (Wildman–Crippen LogP) is 6.03. The number of tetrazole rings is 1. The Labute approximate surface area is 232 Å². The molecule has 3 saturated carbocycles. The molecule has 0 N–H and O–H groups in total. The third-order valence-corrected chi connectivity index (χ3v) is 12.8. The lowest BCUT2D eigenvalue weighted by atomic mass is 9.34. The van der Waals surface area contributed by atoms with Crippen molar-refractivity contribution in [3.8, 4) is 0 Å². The number of hydrogen-bond donors (Lipinski definition) is 0. The van der Waals surface area contributed by atoms with Crippen molar-refractivity contribution in [2.45, 2.75) is 98.8 Å². The first kappa shape index (κ1) is 26.6. The number of aryl methyl sites for hydroxylation is 1. The Balaban J connectivity index is 1.54. The lowest BCUT2D eigenvalue weighted by molar-refractivity contribution is -0.160. The van der Waals surface area contributed by atoms with Crippen LogP contribution in [0.1, 0.15) is 99.2 Å². The van der Waals surface area contributed by atoms with Gasteiger partial charge in [0.05, 0.1) is 13.6 Å². The number of ketones is 2. The average molecular weight is 530 g/mol. The molecule has 0 unspecified atom stereocenters. The van der Waals surface area contributed by atoms with Crippen LogP contribution in [0.3, 0.4) is 0 Å². The molecule has 7 atom stereocenters. The molecule has 0 aliphatic heterocycles. The topological polar surface area (TPSA) is 82.1 Å². The number of aromatic nitrogens is 4. The molecule has 0 bridgehead atoms. The fourth-order valence-corrected chi connectivity index (χ4v) is 10.5. The zero-order chi connectivity index (χ0) is 28.4. The maximum Gasteiger partial charge on any atom is 0.226 e. The second-order valence-electron chi connectivity index (χ2n) is 15.5. The van der Waals surface area contributed by atoms with Crippen LogP contribution in [0.15, 0.2) is 23.4 Å². The van der Waals surface area contributed by atoms with E-state index >= 15 is 0 Å². The minimum atomic E-state index is -0.640. The summed E-state index contributed by atoms with van der Waals surface area (Å²) < 4.78 is 0. The first-order valence-electron chi connectivity index (χ1n) is 14.7. The van der Waals surface area contributed by atoms with Crippen molar-refractivity contribution in [1.82, 2.24) is 20.2 Å². The number of rotatable bonds is 1. The van der Waals surface area contributed by atoms with Crippen LogP contribution in [-0.2, 0) is 22.1 Å². The van der Waals surface area contributed by atoms with Crippen LogP contribution in [0, 0.1) is 51.4 Å². The van der Waals surface area contributed by atoms with E-state index in [1.807, 2.05) is 33.0 Å². The second kappa shape index (κ2) is 7.77. The average Bonchev–Trinajstić information content (AvgIpc) is 3.29. The van der Waals surface area contributed by atoms with E-state index in [1.54, 1.807) is 4.80 Å². The molecule has 0 saturated heterocycles. The van der Waals surface area contributed by atoms with Crippen molar-refractivity contribution in [1.29, 1.82) is 0 Å². The molecule has 1 heterocycles. The molecule has 39 heavy (non-hydrogen) atoms. The van der Waals surface area contributed by atoms with E-state index in [1.165, 1.54) is 0 Å². The minimum Gasteiger partial charge on any atom is -0.307 e. The highest BCUT2D eigenvalue weighted by molar-refractivity contribution is 6.03. The van der Waals surface area contributed by atoms with Crippen molar-refractivity contribution < 1.29 is 9.59 Å². The van der Waals surface area contributed by atoms with Crippen LogP contribution in [0.5, 0.6) is 0 Å². The first-order chi connectivity index (χ1) is 18.1. The SMILES string of the molecule is [C-]#[N+]C1=C[C@]2(C)C3=CC(=O)[C@@H]4[C@@H]5CC(C)(C)CC[C@]5(c5nnn(C)n5)CC[C@@]4(C)[C@]3(C)CC[C@H]2C(C)(C)C1=O. The van der Waals surface area contributed by atoms with Gasteiger partial charge in [-0.15, -0.1) is 10.2 Å². The normalized spacial score (nSPS) is 44.1. The molecule has 5 aliphatic carbocycles. The molecule has 7 nitrogen and oxygen atoms in total. The minimum absolute atomic E-state index is 0.0567. The van der Waals surface area contributed by atoms with Crippen molar-refractivity contribution >= 4 is 11.6 Å². The quantitative estimate of drug-likeness (QED) is 0.415. The van der Waals surface area contributed by atoms with E-state index in [0.717, 1.165) is 56.3 Å². The van der Waals surface area contributed by atoms with Gasteiger partial charge in [0.1, 0.15) is 0 Å². The van der Waals surface area contributed by atoms with Crippen LogP contribution in [-0.4, -0.2) is 31.8 Å². The molecule has 3 fully saturated rings. The maximum atomic E-state index is 14.6. The van der Waals surface area contributed by atoms with Crippen LogP contribution < -0.4 is 0 Å². The van der Waals surface area contributed by atoms with Gasteiger partial charge in [0.25, 0.3) is 0 Å². The molecule has 0 radical (unpaired) electrons. The number of allylic oxidation sites excluding steroid dienone is 4. The van der Waals surface area contributed by atoms with Crippen LogP contribution in [0.25, 0.3) is 4.85 Å². The zero-order valence-electron chi connectivity index (χ0n) is 24.9. The Hall–Kier alpha value is -2.62. The molecule has 1 aromatic heterocycles. The van der Waals surface area contributed by atoms with Crippen molar-refractivity contribution in [3.05, 3.63) is 40.7 Å². The van der Waals surface area contributed by atoms with E-state index < -0.39 is 10.8 Å². The summed E-state index contributed by atoms with van der Waals surface area (Å²) in [6.45, 7) is 23.4. The summed E-state index contributed by atoms with van der Waals surface area (Å²) in [4.78, 5) is 33.1. The maximum absolute atomic E-state index is 14.6. The molecular formula is C32H43N5O2. The number of carbonyl (C=O) groups excluding carboxylic acids is 2. The van der Waals surface area contributed by atoms with Gasteiger partial charge < -0.3 is 4.79 Å². The Morgan fingerprint density at radius 3 is 2.33 bits per heavy atom. The zero-order valence-corrected chi connectivity index (χ0v) is 24.9. The highest BCUT2D eigenvalue weighted by Crippen LogP contribution is 2.74. The highest BCUT2D eigenvalue weighted by atomic mass is 16.1. The fourth-order valence-electron chi connectivity index (χ4n) is 10.5. The van der Waals surface area contributed by atoms with Crippen molar-refractivity contribution in [2.24, 2.45) is 51.9 Å². The lowest BCUT2D eigenvalue weighted by Crippen LogP contribution is -2.65. The number of hydrogen-bond acceptors (Lipinski definition) is 5. The summed E-state index contributed by atoms with van der Waals surface area (Å²) in [6, 6.07) is 0. The van der Waals surface area contributed by atoms with Crippen LogP contribution in [0.4, 0.5) is 0 Å². The summed E-state index contributed by atoms with van der Waals surface area (Å²) in [6.07, 6.45) is 10.7. The molecule has 208 valence electrons. The Kier molecular flexibility index (Phi) is 5.30. The molecule has 5 aliphatic rings. The summed E-state index contributed by atoms with van der Waals surface area (Å²) in [5.41, 5.74) is -0.289. The molecular weight excluding hydrogens is 486 g/mol. The van der Waals surface area contributed by atoms with E-state index in [4.69, 9.17) is 11.7 Å². The Bertz CT molecular complexity index is 1390. The standard InChI is InChI=1S/C32H43N5O2/c1-27(2)12-14-32(26-34-36-37(9)35-26)15-13-31(7)24(19(32)17-27)21(38)16-23-29(5)18-20(33-8)25(39)28(3,4)22(29)10-11-30(23,31)6/h16,18-19,22,24H,10-15,17H2,1-7,9H3/t19-,22-,24-,29-,30+,31+,32-/m0/s1. The lowest BCUT2D eigenvalue weighted by Gasteiger charge is -2.69. The van der Waals surface area contributed by atoms with E-state index in [2.05, 4.69) is 49.8 Å². The second-order valence-corrected chi connectivity index (χ2v) is 15.5. The van der Waals surface area contributed by atoms with Crippen molar-refractivity contribution in [3.63, 3.8) is 0 Å². The molecule has 6 rings (SSSR count). The highest BCUT2D eigenvalue weighted by Gasteiger charge is 2.70. The van der Waals surface area contributed by atoms with Gasteiger partial charge in [0, 0.05) is 22.2 Å². The number of carbonyl (C=O) groups is 2. The monoisotopic (exact) mass is 529 g/mol. The molecule has 1 aromatic rings. The van der Waals surface area contributed by atoms with Gasteiger partial charge in [-0.3, -0.25) is 4.79 Å². The molecule has 0 aromatic carbocycles. The first-order valence-corrected chi connectivity index (χ1v) is 14.7. The van der Waals surface area contributed by atoms with Crippen LogP contribution >= 0.6 is 0 Å². The van der Waals surface area contributed by atoms with E-state index in [9.17, 15) is 9.59 Å². The summed E-state index contributed by atoms with van der Waals surface area (Å²) in [5, 5.41) is 13.5. The van der Waals surface area contributed by atoms with Gasteiger partial charge in [-0.25, -0.2) is 4.85 Å². The number of nitrogens with zero attached hydrogens (tertiary/aromatic N) is 5. The Morgan fingerprint density at radius 1 is 1.00 bits per heavy atom. The van der Waals surface area contributed by atoms with Gasteiger partial charge in [0.15, 0.2) is 17.4 Å². The van der Waals surface area contributed by atoms with E-state index in [0.29, 0.717) is 0 Å². The third kappa shape index (κ3) is 3.18. The predicted molar refractivity (Wildman–Crippen MR) is 148 cm³/mol. The largest absolute Gasteiger partial charge is 0.307 e. The summed E-state index contributed by atoms with van der Waals surface area (Å²) >= 11 is 0. The van der Waals surface area contributed by atoms with Gasteiger partial charge in [-0.1, -0.05) is 60.1 Å². The molecule has 0 amide bonds. The van der Waals surface area contributed by atoms with Gasteiger partial charge in [-0.05, 0) is 84.3 Å². The molecule has 7 heteroatoms. The smallest absolute Gasteiger partial charge is 0.226 e. The Morgan fingerprint density at radius 2 is 1.69 bits per heavy atom. The van der Waals surface area contributed by atoms with Gasteiger partial charge >= 0.3 is 0 Å². The van der Waals surface area contributed by atoms with Gasteiger partial charge in [-0.2, -0.15) is 4.80 Å². The summed E-state index contributed by atoms with van der Waals surface area (Å²) in [5.74, 6) is 1.07. The van der Waals surface area contributed by atoms with Crippen molar-refractivity contribution in [2.75, 3.05) is 0 Å². The number of fused-ring (bicyclic) bond motifs is 7. The third-order valence-electron chi connectivity index (χ3n) is 12.8. The van der Waals surface area contributed by atoms with Crippen LogP contribution in [0.2, 0.25) is 0 Å². The molecule has 0 spiro atoms. The summed E-state index contributed by atoms with van der Waals surface area (Å²) in [7, 11) is 1.82. The van der Waals surface area contributed by atoms with E-state index in [-0.39, 0.29) is 56.7 Å².